The van der Waals surface area contributed by atoms with Crippen molar-refractivity contribution < 1.29 is 43.7 Å². The first-order chi connectivity index (χ1) is 19.5. The Kier molecular flexibility index (Phi) is 7.62. The van der Waals surface area contributed by atoms with Crippen LogP contribution in [-0.4, -0.2) is 56.8 Å². The smallest absolute Gasteiger partial charge is 0.303 e. The molecule has 0 radical (unpaired) electrons. The van der Waals surface area contributed by atoms with Crippen LogP contribution in [0.25, 0.3) is 0 Å². The number of fused-ring (bicyclic) bond motifs is 5. The zero-order chi connectivity index (χ0) is 32.7. The van der Waals surface area contributed by atoms with Crippen LogP contribution in [0.2, 0.25) is 0 Å². The van der Waals surface area contributed by atoms with E-state index in [0.717, 1.165) is 5.57 Å². The summed E-state index contributed by atoms with van der Waals surface area (Å²) in [4.78, 5) is 64.9. The van der Waals surface area contributed by atoms with Gasteiger partial charge in [0.2, 0.25) is 5.78 Å². The highest BCUT2D eigenvalue weighted by atomic mass is 16.6. The van der Waals surface area contributed by atoms with Crippen LogP contribution in [0, 0.1) is 39.4 Å². The molecule has 0 heterocycles. The number of Topliss-reactive ketones (excluding diaryl/α,β-unsaturated/α-hetero) is 2. The Hall–Kier alpha value is -3.07. The number of esters is 2. The Morgan fingerprint density at radius 3 is 2.16 bits per heavy atom. The molecule has 43 heavy (non-hydrogen) atoms. The van der Waals surface area contributed by atoms with Gasteiger partial charge in [-0.25, -0.2) is 0 Å². The summed E-state index contributed by atoms with van der Waals surface area (Å²) in [6.07, 6.45) is 6.03. The lowest BCUT2D eigenvalue weighted by Crippen LogP contribution is -2.64. The highest BCUT2D eigenvalue weighted by Crippen LogP contribution is 2.74. The molecule has 9 heteroatoms. The molecule has 0 aromatic rings. The van der Waals surface area contributed by atoms with Crippen molar-refractivity contribution in [2.24, 2.45) is 39.4 Å². The molecule has 8 unspecified atom stereocenters. The van der Waals surface area contributed by atoms with E-state index in [4.69, 9.17) is 9.47 Å². The number of carbonyl (C=O) groups excluding carboxylic acids is 5. The molecule has 2 fully saturated rings. The first-order valence-electron chi connectivity index (χ1n) is 15.0. The number of aliphatic hydroxyl groups is 2. The number of hydrogen-bond donors (Lipinski definition) is 2. The summed E-state index contributed by atoms with van der Waals surface area (Å²) in [7, 11) is 0. The van der Waals surface area contributed by atoms with Crippen molar-refractivity contribution in [3.8, 4) is 0 Å². The third-order valence-corrected chi connectivity index (χ3v) is 11.5. The molecule has 4 aliphatic rings. The summed E-state index contributed by atoms with van der Waals surface area (Å²) in [6, 6.07) is 0. The van der Waals surface area contributed by atoms with Gasteiger partial charge in [-0.05, 0) is 82.4 Å². The molecule has 8 atom stereocenters. The lowest BCUT2D eigenvalue weighted by Gasteiger charge is -2.63. The van der Waals surface area contributed by atoms with Crippen molar-refractivity contribution in [1.82, 2.24) is 0 Å². The van der Waals surface area contributed by atoms with Gasteiger partial charge in [0.15, 0.2) is 11.5 Å². The molecule has 0 aromatic heterocycles. The van der Waals surface area contributed by atoms with Gasteiger partial charge in [0, 0.05) is 37.5 Å². The maximum absolute atomic E-state index is 14.5. The Morgan fingerprint density at radius 2 is 1.60 bits per heavy atom. The number of allylic oxidation sites excluding steroid dienone is 4. The summed E-state index contributed by atoms with van der Waals surface area (Å²) >= 11 is 0. The van der Waals surface area contributed by atoms with Gasteiger partial charge >= 0.3 is 11.9 Å². The molecule has 0 saturated heterocycles. The van der Waals surface area contributed by atoms with Crippen molar-refractivity contribution in [1.29, 1.82) is 0 Å². The van der Waals surface area contributed by atoms with Crippen LogP contribution in [-0.2, 0) is 33.4 Å². The van der Waals surface area contributed by atoms with Crippen molar-refractivity contribution in [3.63, 3.8) is 0 Å². The van der Waals surface area contributed by atoms with E-state index < -0.39 is 68.5 Å². The van der Waals surface area contributed by atoms with Gasteiger partial charge in [-0.3, -0.25) is 24.0 Å². The molecule has 4 rings (SSSR count). The minimum Gasteiger partial charge on any atom is -0.505 e. The fourth-order valence-electron chi connectivity index (χ4n) is 9.26. The first-order valence-corrected chi connectivity index (χ1v) is 15.0. The average Bonchev–Trinajstić information content (AvgIpc) is 3.07. The fourth-order valence-corrected chi connectivity index (χ4v) is 9.26. The third-order valence-electron chi connectivity index (χ3n) is 11.5. The molecule has 2 saturated carbocycles. The summed E-state index contributed by atoms with van der Waals surface area (Å²) < 4.78 is 11.1. The first kappa shape index (κ1) is 32.8. The van der Waals surface area contributed by atoms with Crippen LogP contribution in [0.3, 0.4) is 0 Å². The zero-order valence-electron chi connectivity index (χ0n) is 27.0. The number of ketones is 3. The van der Waals surface area contributed by atoms with Gasteiger partial charge in [-0.15, -0.1) is 0 Å². The predicted octanol–water partition coefficient (Wildman–Crippen LogP) is 4.76. The van der Waals surface area contributed by atoms with Crippen LogP contribution >= 0.6 is 0 Å². The predicted molar refractivity (Wildman–Crippen MR) is 157 cm³/mol. The molecule has 0 amide bonds. The van der Waals surface area contributed by atoms with E-state index in [0.29, 0.717) is 12.8 Å². The number of aliphatic hydroxyl groups excluding tert-OH is 1. The minimum atomic E-state index is -2.05. The van der Waals surface area contributed by atoms with E-state index in [2.05, 4.69) is 0 Å². The lowest BCUT2D eigenvalue weighted by molar-refractivity contribution is -0.181. The number of ether oxygens (including phenoxy) is 2. The van der Waals surface area contributed by atoms with Crippen molar-refractivity contribution in [2.45, 2.75) is 106 Å². The Labute approximate surface area is 253 Å². The molecule has 9 nitrogen and oxygen atoms in total. The summed E-state index contributed by atoms with van der Waals surface area (Å²) in [5.74, 6) is -4.31. The van der Waals surface area contributed by atoms with E-state index in [1.165, 1.54) is 39.0 Å². The van der Waals surface area contributed by atoms with E-state index in [-0.39, 0.29) is 29.7 Å². The normalized spacial score (nSPS) is 38.2. The second kappa shape index (κ2) is 9.98. The summed E-state index contributed by atoms with van der Waals surface area (Å²) in [6.45, 7) is 16.5. The summed E-state index contributed by atoms with van der Waals surface area (Å²) in [5.41, 5.74) is -5.96. The highest BCUT2D eigenvalue weighted by Gasteiger charge is 2.75. The maximum Gasteiger partial charge on any atom is 0.303 e. The van der Waals surface area contributed by atoms with E-state index in [1.807, 2.05) is 26.8 Å². The van der Waals surface area contributed by atoms with Crippen LogP contribution in [0.5, 0.6) is 0 Å². The zero-order valence-corrected chi connectivity index (χ0v) is 27.0. The van der Waals surface area contributed by atoms with E-state index in [9.17, 15) is 34.2 Å². The third kappa shape index (κ3) is 4.73. The minimum absolute atomic E-state index is 0.00221. The van der Waals surface area contributed by atoms with Crippen LogP contribution in [0.15, 0.2) is 35.6 Å². The number of rotatable bonds is 6. The number of carbonyl (C=O) groups is 5. The van der Waals surface area contributed by atoms with Gasteiger partial charge in [-0.2, -0.15) is 0 Å². The SMILES string of the molecule is CC(=O)OC1CC2(C)C3CC=C4C(C=C(O)C(=O)C4(C)C)C3(C)C(=O)CC2(C)C1C(C)(O)C(=O)C=CC(C)(C)OC(C)=O. The van der Waals surface area contributed by atoms with Gasteiger partial charge < -0.3 is 19.7 Å². The molecular weight excluding hydrogens is 552 g/mol. The highest BCUT2D eigenvalue weighted by molar-refractivity contribution is 6.02. The van der Waals surface area contributed by atoms with Crippen molar-refractivity contribution in [2.75, 3.05) is 0 Å². The van der Waals surface area contributed by atoms with Crippen molar-refractivity contribution >= 4 is 29.3 Å². The van der Waals surface area contributed by atoms with Gasteiger partial charge in [0.05, 0.1) is 5.41 Å². The molecule has 0 spiro atoms. The maximum atomic E-state index is 14.5. The van der Waals surface area contributed by atoms with E-state index in [1.54, 1.807) is 27.7 Å². The monoisotopic (exact) mass is 598 g/mol. The van der Waals surface area contributed by atoms with Crippen LogP contribution in [0.4, 0.5) is 0 Å². The van der Waals surface area contributed by atoms with Crippen LogP contribution in [0.1, 0.15) is 88.5 Å². The van der Waals surface area contributed by atoms with Crippen LogP contribution < -0.4 is 0 Å². The van der Waals surface area contributed by atoms with E-state index >= 15 is 0 Å². The van der Waals surface area contributed by atoms with Gasteiger partial charge in [0.1, 0.15) is 23.1 Å². The van der Waals surface area contributed by atoms with Gasteiger partial charge in [0.25, 0.3) is 0 Å². The van der Waals surface area contributed by atoms with Gasteiger partial charge in [-0.1, -0.05) is 32.4 Å². The largest absolute Gasteiger partial charge is 0.505 e. The Balaban J connectivity index is 1.83. The molecule has 0 aromatic carbocycles. The number of hydrogen-bond acceptors (Lipinski definition) is 9. The summed E-state index contributed by atoms with van der Waals surface area (Å²) in [5, 5.41) is 22.7. The molecule has 0 aliphatic heterocycles. The lowest BCUT2D eigenvalue weighted by atomic mass is 9.39. The second-order valence-electron chi connectivity index (χ2n) is 15.0. The fraction of sp³-hybridized carbons (Fsp3) is 0.676. The molecule has 0 bridgehead atoms. The average molecular weight is 599 g/mol. The Bertz CT molecular complexity index is 1380. The van der Waals surface area contributed by atoms with Crippen molar-refractivity contribution in [3.05, 3.63) is 35.6 Å². The quantitative estimate of drug-likeness (QED) is 0.251. The topological polar surface area (TPSA) is 144 Å². The molecular formula is C34H46O9. The standard InChI is InChI=1S/C34H46O9/c1-18(35)42-23-16-31(7)24-12-11-20-21(15-22(37)28(40)30(20,5)6)33(24,9)26(39)17-32(31,8)27(23)34(10,41)25(38)13-14-29(3,4)43-19(2)36/h11,13-15,21,23-24,27,37,41H,12,16-17H2,1-10H3. The molecule has 2 N–H and O–H groups in total. The molecule has 4 aliphatic carbocycles. The second-order valence-corrected chi connectivity index (χ2v) is 15.0. The Morgan fingerprint density at radius 1 is 1.00 bits per heavy atom. The molecule has 236 valence electrons.